The fraction of sp³-hybridized carbons (Fsp3) is 0.250. The van der Waals surface area contributed by atoms with E-state index < -0.39 is 0 Å². The summed E-state index contributed by atoms with van der Waals surface area (Å²) in [5.74, 6) is 0.445. The third-order valence-corrected chi connectivity index (χ3v) is 3.60. The van der Waals surface area contributed by atoms with Gasteiger partial charge in [-0.05, 0) is 37.6 Å². The van der Waals surface area contributed by atoms with Gasteiger partial charge in [-0.2, -0.15) is 5.10 Å². The molecule has 0 radical (unpaired) electrons. The number of benzene rings is 1. The lowest BCUT2D eigenvalue weighted by atomic mass is 10.2. The van der Waals surface area contributed by atoms with Gasteiger partial charge in [0.1, 0.15) is 0 Å². The first kappa shape index (κ1) is 11.7. The predicted molar refractivity (Wildman–Crippen MR) is 70.3 cm³/mol. The summed E-state index contributed by atoms with van der Waals surface area (Å²) < 4.78 is 2.99. The molecule has 4 heteroatoms. The van der Waals surface area contributed by atoms with Gasteiger partial charge in [0, 0.05) is 10.2 Å². The second-order valence-corrected chi connectivity index (χ2v) is 4.88. The molecule has 16 heavy (non-hydrogen) atoms. The number of halogens is 2. The monoisotopic (exact) mass is 298 g/mol. The van der Waals surface area contributed by atoms with Gasteiger partial charge in [-0.25, -0.2) is 4.68 Å². The van der Waals surface area contributed by atoms with Gasteiger partial charge < -0.3 is 0 Å². The second kappa shape index (κ2) is 4.60. The molecule has 0 aliphatic heterocycles. The molecular weight excluding hydrogens is 288 g/mol. The highest BCUT2D eigenvalue weighted by Crippen LogP contribution is 2.21. The molecule has 2 nitrogen and oxygen atoms in total. The van der Waals surface area contributed by atoms with Gasteiger partial charge in [0.05, 0.1) is 17.3 Å². The Hall–Kier alpha value is -0.800. The van der Waals surface area contributed by atoms with Crippen LogP contribution in [0.3, 0.4) is 0 Å². The van der Waals surface area contributed by atoms with Gasteiger partial charge in [-0.15, -0.1) is 11.6 Å². The van der Waals surface area contributed by atoms with E-state index in [0.29, 0.717) is 5.88 Å². The average molecular weight is 300 g/mol. The van der Waals surface area contributed by atoms with Gasteiger partial charge in [0.2, 0.25) is 0 Å². The zero-order valence-corrected chi connectivity index (χ0v) is 11.5. The Kier molecular flexibility index (Phi) is 3.36. The summed E-state index contributed by atoms with van der Waals surface area (Å²) in [4.78, 5) is 0. The lowest BCUT2D eigenvalue weighted by molar-refractivity contribution is 0.829. The standard InChI is InChI=1S/C12H12BrClN2/c1-8-3-4-11(6-12(8)13)16-9(2)5-10(7-14)15-16/h3-6H,7H2,1-2H3. The first-order chi connectivity index (χ1) is 7.61. The molecule has 0 aliphatic carbocycles. The highest BCUT2D eigenvalue weighted by Gasteiger charge is 2.06. The molecule has 0 spiro atoms. The van der Waals surface area contributed by atoms with E-state index in [1.54, 1.807) is 0 Å². The molecular formula is C12H12BrClN2. The Morgan fingerprint density at radius 1 is 1.31 bits per heavy atom. The van der Waals surface area contributed by atoms with Crippen LogP contribution in [0.1, 0.15) is 17.0 Å². The molecule has 1 heterocycles. The fourth-order valence-electron chi connectivity index (χ4n) is 1.58. The van der Waals surface area contributed by atoms with Crippen LogP contribution in [0.15, 0.2) is 28.7 Å². The van der Waals surface area contributed by atoms with Crippen molar-refractivity contribution >= 4 is 27.5 Å². The van der Waals surface area contributed by atoms with Crippen LogP contribution in [-0.2, 0) is 5.88 Å². The molecule has 0 saturated carbocycles. The van der Waals surface area contributed by atoms with Crippen molar-refractivity contribution in [2.75, 3.05) is 0 Å². The lowest BCUT2D eigenvalue weighted by Crippen LogP contribution is -1.99. The second-order valence-electron chi connectivity index (χ2n) is 3.76. The van der Waals surface area contributed by atoms with Crippen LogP contribution >= 0.6 is 27.5 Å². The molecule has 2 aromatic rings. The minimum Gasteiger partial charge on any atom is -0.238 e. The molecule has 0 bridgehead atoms. The van der Waals surface area contributed by atoms with E-state index in [9.17, 15) is 0 Å². The number of rotatable bonds is 2. The van der Waals surface area contributed by atoms with Crippen molar-refractivity contribution in [1.82, 2.24) is 9.78 Å². The quantitative estimate of drug-likeness (QED) is 0.767. The van der Waals surface area contributed by atoms with E-state index in [2.05, 4.69) is 46.2 Å². The molecule has 0 N–H and O–H groups in total. The number of hydrogen-bond acceptors (Lipinski definition) is 1. The summed E-state index contributed by atoms with van der Waals surface area (Å²) in [5.41, 5.74) is 4.25. The topological polar surface area (TPSA) is 17.8 Å². The number of nitrogens with zero attached hydrogens (tertiary/aromatic N) is 2. The van der Waals surface area contributed by atoms with Crippen LogP contribution in [0.5, 0.6) is 0 Å². The highest BCUT2D eigenvalue weighted by atomic mass is 79.9. The minimum atomic E-state index is 0.445. The van der Waals surface area contributed by atoms with Gasteiger partial charge in [-0.1, -0.05) is 22.0 Å². The molecule has 0 saturated heterocycles. The summed E-state index contributed by atoms with van der Waals surface area (Å²) in [6.07, 6.45) is 0. The zero-order chi connectivity index (χ0) is 11.7. The predicted octanol–water partition coefficient (Wildman–Crippen LogP) is 3.99. The molecule has 0 fully saturated rings. The van der Waals surface area contributed by atoms with Crippen molar-refractivity contribution < 1.29 is 0 Å². The first-order valence-electron chi connectivity index (χ1n) is 5.00. The van der Waals surface area contributed by atoms with E-state index in [1.165, 1.54) is 5.56 Å². The summed E-state index contributed by atoms with van der Waals surface area (Å²) in [6, 6.07) is 8.19. The molecule has 84 valence electrons. The largest absolute Gasteiger partial charge is 0.238 e. The Bertz CT molecular complexity index is 520. The van der Waals surface area contributed by atoms with E-state index in [-0.39, 0.29) is 0 Å². The van der Waals surface area contributed by atoms with E-state index in [0.717, 1.165) is 21.5 Å². The summed E-state index contributed by atoms with van der Waals surface area (Å²) in [5, 5.41) is 4.43. The van der Waals surface area contributed by atoms with E-state index in [4.69, 9.17) is 11.6 Å². The molecule has 0 unspecified atom stereocenters. The fourth-order valence-corrected chi connectivity index (χ4v) is 2.08. The Labute approximate surface area is 108 Å². The van der Waals surface area contributed by atoms with Crippen molar-refractivity contribution in [3.63, 3.8) is 0 Å². The number of alkyl halides is 1. The van der Waals surface area contributed by atoms with Gasteiger partial charge in [0.15, 0.2) is 0 Å². The molecule has 1 aromatic carbocycles. The van der Waals surface area contributed by atoms with Crippen molar-refractivity contribution in [3.8, 4) is 5.69 Å². The van der Waals surface area contributed by atoms with Crippen molar-refractivity contribution in [1.29, 1.82) is 0 Å². The summed E-state index contributed by atoms with van der Waals surface area (Å²) >= 11 is 9.30. The zero-order valence-electron chi connectivity index (χ0n) is 9.17. The number of hydrogen-bond donors (Lipinski definition) is 0. The van der Waals surface area contributed by atoms with Crippen molar-refractivity contribution in [2.24, 2.45) is 0 Å². The Morgan fingerprint density at radius 2 is 2.06 bits per heavy atom. The maximum Gasteiger partial charge on any atom is 0.0779 e. The van der Waals surface area contributed by atoms with Crippen LogP contribution in [0.4, 0.5) is 0 Å². The molecule has 0 atom stereocenters. The van der Waals surface area contributed by atoms with Crippen molar-refractivity contribution in [2.45, 2.75) is 19.7 Å². The molecule has 2 rings (SSSR count). The smallest absolute Gasteiger partial charge is 0.0779 e. The third kappa shape index (κ3) is 2.15. The maximum atomic E-state index is 5.77. The van der Waals surface area contributed by atoms with Gasteiger partial charge >= 0.3 is 0 Å². The third-order valence-electron chi connectivity index (χ3n) is 2.47. The molecule has 0 aliphatic rings. The maximum absolute atomic E-state index is 5.77. The normalized spacial score (nSPS) is 10.8. The number of aryl methyl sites for hydroxylation is 2. The Balaban J connectivity index is 2.49. The van der Waals surface area contributed by atoms with Crippen LogP contribution in [0.2, 0.25) is 0 Å². The van der Waals surface area contributed by atoms with Crippen molar-refractivity contribution in [3.05, 3.63) is 45.7 Å². The Morgan fingerprint density at radius 3 is 2.62 bits per heavy atom. The average Bonchev–Trinajstić information content (AvgIpc) is 2.64. The van der Waals surface area contributed by atoms with Gasteiger partial charge in [0.25, 0.3) is 0 Å². The lowest BCUT2D eigenvalue weighted by Gasteiger charge is -2.06. The van der Waals surface area contributed by atoms with E-state index in [1.807, 2.05) is 17.7 Å². The van der Waals surface area contributed by atoms with Gasteiger partial charge in [-0.3, -0.25) is 0 Å². The SMILES string of the molecule is Cc1ccc(-n2nc(CCl)cc2C)cc1Br. The minimum absolute atomic E-state index is 0.445. The highest BCUT2D eigenvalue weighted by molar-refractivity contribution is 9.10. The molecule has 0 amide bonds. The van der Waals surface area contributed by atoms with Crippen LogP contribution in [0.25, 0.3) is 5.69 Å². The van der Waals surface area contributed by atoms with E-state index >= 15 is 0 Å². The summed E-state index contributed by atoms with van der Waals surface area (Å²) in [6.45, 7) is 4.09. The summed E-state index contributed by atoms with van der Waals surface area (Å²) in [7, 11) is 0. The van der Waals surface area contributed by atoms with Crippen LogP contribution in [-0.4, -0.2) is 9.78 Å². The number of aromatic nitrogens is 2. The molecule has 1 aromatic heterocycles. The van der Waals surface area contributed by atoms with Crippen LogP contribution < -0.4 is 0 Å². The van der Waals surface area contributed by atoms with Crippen LogP contribution in [0, 0.1) is 13.8 Å². The first-order valence-corrected chi connectivity index (χ1v) is 6.32.